The molecule has 2 N–H and O–H groups in total. The van der Waals surface area contributed by atoms with E-state index in [1.54, 1.807) is 25.2 Å². The van der Waals surface area contributed by atoms with Gasteiger partial charge < -0.3 is 20.1 Å². The number of carbonyl (C=O) groups is 1. The van der Waals surface area contributed by atoms with Crippen molar-refractivity contribution in [2.24, 2.45) is 0 Å². The lowest BCUT2D eigenvalue weighted by molar-refractivity contribution is 0.0479. The molecule has 1 amide bonds. The smallest absolute Gasteiger partial charge is 0.254 e. The molecule has 1 atom stereocenters. The SMILES string of the molecule is COCCN(C(=O)c1cc(C)cc(N)c1)C(C)COC. The zero-order chi connectivity index (χ0) is 15.1. The summed E-state index contributed by atoms with van der Waals surface area (Å²) in [6.45, 7) is 5.37. The highest BCUT2D eigenvalue weighted by molar-refractivity contribution is 5.95. The summed E-state index contributed by atoms with van der Waals surface area (Å²) in [5, 5.41) is 0. The van der Waals surface area contributed by atoms with Crippen LogP contribution in [0.4, 0.5) is 5.69 Å². The lowest BCUT2D eigenvalue weighted by Crippen LogP contribution is -2.43. The Labute approximate surface area is 120 Å². The summed E-state index contributed by atoms with van der Waals surface area (Å²) in [7, 11) is 3.24. The number of amides is 1. The second kappa shape index (κ2) is 7.87. The van der Waals surface area contributed by atoms with E-state index >= 15 is 0 Å². The lowest BCUT2D eigenvalue weighted by Gasteiger charge is -2.29. The van der Waals surface area contributed by atoms with Crippen LogP contribution in [0.15, 0.2) is 18.2 Å². The van der Waals surface area contributed by atoms with Crippen molar-refractivity contribution in [2.45, 2.75) is 19.9 Å². The molecule has 1 rings (SSSR count). The molecule has 0 aliphatic rings. The molecular weight excluding hydrogens is 256 g/mol. The zero-order valence-corrected chi connectivity index (χ0v) is 12.7. The number of aryl methyl sites for hydroxylation is 1. The molecule has 0 saturated carbocycles. The van der Waals surface area contributed by atoms with Gasteiger partial charge in [-0.3, -0.25) is 4.79 Å². The van der Waals surface area contributed by atoms with E-state index in [4.69, 9.17) is 15.2 Å². The highest BCUT2D eigenvalue weighted by Gasteiger charge is 2.21. The number of hydrogen-bond acceptors (Lipinski definition) is 4. The number of hydrogen-bond donors (Lipinski definition) is 1. The molecule has 0 heterocycles. The number of nitrogen functional groups attached to an aromatic ring is 1. The molecule has 1 unspecified atom stereocenters. The van der Waals surface area contributed by atoms with Crippen molar-refractivity contribution in [1.29, 1.82) is 0 Å². The first-order chi connectivity index (χ1) is 9.49. The van der Waals surface area contributed by atoms with Gasteiger partial charge in [0.15, 0.2) is 0 Å². The third kappa shape index (κ3) is 4.51. The molecule has 1 aromatic rings. The molecule has 0 aliphatic heterocycles. The van der Waals surface area contributed by atoms with Crippen LogP contribution in [0, 0.1) is 6.92 Å². The highest BCUT2D eigenvalue weighted by atomic mass is 16.5. The molecular formula is C15H24N2O3. The Morgan fingerprint density at radius 1 is 1.30 bits per heavy atom. The average molecular weight is 280 g/mol. The van der Waals surface area contributed by atoms with Crippen LogP contribution in [0.1, 0.15) is 22.8 Å². The topological polar surface area (TPSA) is 64.8 Å². The van der Waals surface area contributed by atoms with Gasteiger partial charge in [-0.25, -0.2) is 0 Å². The van der Waals surface area contributed by atoms with Gasteiger partial charge in [-0.2, -0.15) is 0 Å². The molecule has 5 heteroatoms. The minimum atomic E-state index is -0.0537. The van der Waals surface area contributed by atoms with Crippen molar-refractivity contribution in [3.8, 4) is 0 Å². The maximum Gasteiger partial charge on any atom is 0.254 e. The second-order valence-electron chi connectivity index (χ2n) is 4.93. The first-order valence-corrected chi connectivity index (χ1v) is 6.65. The van der Waals surface area contributed by atoms with Crippen LogP contribution in [0.2, 0.25) is 0 Å². The normalized spacial score (nSPS) is 12.2. The van der Waals surface area contributed by atoms with Crippen LogP contribution in [0.5, 0.6) is 0 Å². The van der Waals surface area contributed by atoms with Crippen LogP contribution < -0.4 is 5.73 Å². The highest BCUT2D eigenvalue weighted by Crippen LogP contribution is 2.15. The molecule has 1 aromatic carbocycles. The summed E-state index contributed by atoms with van der Waals surface area (Å²) in [6, 6.07) is 5.37. The van der Waals surface area contributed by atoms with Crippen molar-refractivity contribution in [3.05, 3.63) is 29.3 Å². The van der Waals surface area contributed by atoms with Crippen molar-refractivity contribution >= 4 is 11.6 Å². The maximum absolute atomic E-state index is 12.6. The Morgan fingerprint density at radius 3 is 2.55 bits per heavy atom. The Hall–Kier alpha value is -1.59. The van der Waals surface area contributed by atoms with E-state index in [2.05, 4.69) is 0 Å². The van der Waals surface area contributed by atoms with Gasteiger partial charge in [-0.1, -0.05) is 0 Å². The van der Waals surface area contributed by atoms with Crippen molar-refractivity contribution in [3.63, 3.8) is 0 Å². The van der Waals surface area contributed by atoms with E-state index in [1.165, 1.54) is 0 Å². The fourth-order valence-electron chi connectivity index (χ4n) is 2.14. The molecule has 0 aromatic heterocycles. The molecule has 0 fully saturated rings. The predicted molar refractivity (Wildman–Crippen MR) is 79.8 cm³/mol. The molecule has 0 bridgehead atoms. The second-order valence-corrected chi connectivity index (χ2v) is 4.93. The number of benzene rings is 1. The van der Waals surface area contributed by atoms with Crippen LogP contribution >= 0.6 is 0 Å². The molecule has 0 saturated heterocycles. The predicted octanol–water partition coefficient (Wildman–Crippen LogP) is 1.70. The number of nitrogens with zero attached hydrogens (tertiary/aromatic N) is 1. The minimum Gasteiger partial charge on any atom is -0.399 e. The summed E-state index contributed by atoms with van der Waals surface area (Å²) < 4.78 is 10.2. The number of rotatable bonds is 7. The summed E-state index contributed by atoms with van der Waals surface area (Å²) in [5.41, 5.74) is 7.98. The van der Waals surface area contributed by atoms with Gasteiger partial charge in [0.05, 0.1) is 19.3 Å². The largest absolute Gasteiger partial charge is 0.399 e. The van der Waals surface area contributed by atoms with Gasteiger partial charge in [0.25, 0.3) is 5.91 Å². The van der Waals surface area contributed by atoms with Crippen LogP contribution in [-0.4, -0.2) is 50.8 Å². The lowest BCUT2D eigenvalue weighted by atomic mass is 10.1. The number of nitrogens with two attached hydrogens (primary N) is 1. The van der Waals surface area contributed by atoms with E-state index in [-0.39, 0.29) is 11.9 Å². The Balaban J connectivity index is 2.96. The summed E-state index contributed by atoms with van der Waals surface area (Å²) in [6.07, 6.45) is 0. The maximum atomic E-state index is 12.6. The van der Waals surface area contributed by atoms with Crippen molar-refractivity contribution in [1.82, 2.24) is 4.90 Å². The van der Waals surface area contributed by atoms with E-state index in [0.717, 1.165) is 5.56 Å². The minimum absolute atomic E-state index is 0.0237. The molecule has 5 nitrogen and oxygen atoms in total. The summed E-state index contributed by atoms with van der Waals surface area (Å²) in [5.74, 6) is -0.0537. The van der Waals surface area contributed by atoms with Gasteiger partial charge in [0.1, 0.15) is 0 Å². The van der Waals surface area contributed by atoms with Gasteiger partial charge in [0.2, 0.25) is 0 Å². The number of carbonyl (C=O) groups excluding carboxylic acids is 1. The van der Waals surface area contributed by atoms with Gasteiger partial charge >= 0.3 is 0 Å². The average Bonchev–Trinajstić information content (AvgIpc) is 2.38. The quantitative estimate of drug-likeness (QED) is 0.772. The summed E-state index contributed by atoms with van der Waals surface area (Å²) in [4.78, 5) is 14.4. The van der Waals surface area contributed by atoms with E-state index < -0.39 is 0 Å². The first kappa shape index (κ1) is 16.5. The van der Waals surface area contributed by atoms with Crippen LogP contribution in [0.3, 0.4) is 0 Å². The molecule has 0 spiro atoms. The van der Waals surface area contributed by atoms with Crippen molar-refractivity contribution < 1.29 is 14.3 Å². The molecule has 0 aliphatic carbocycles. The molecule has 20 heavy (non-hydrogen) atoms. The first-order valence-electron chi connectivity index (χ1n) is 6.65. The van der Waals surface area contributed by atoms with Gasteiger partial charge in [-0.15, -0.1) is 0 Å². The fraction of sp³-hybridized carbons (Fsp3) is 0.533. The third-order valence-electron chi connectivity index (χ3n) is 3.08. The number of anilines is 1. The molecule has 112 valence electrons. The Bertz CT molecular complexity index is 428. The van der Waals surface area contributed by atoms with Crippen LogP contribution in [-0.2, 0) is 9.47 Å². The van der Waals surface area contributed by atoms with Gasteiger partial charge in [0, 0.05) is 32.0 Å². The van der Waals surface area contributed by atoms with Crippen molar-refractivity contribution in [2.75, 3.05) is 39.7 Å². The number of ether oxygens (including phenoxy) is 2. The van der Waals surface area contributed by atoms with Crippen LogP contribution in [0.25, 0.3) is 0 Å². The molecule has 0 radical (unpaired) electrons. The Kier molecular flexibility index (Phi) is 6.48. The zero-order valence-electron chi connectivity index (χ0n) is 12.7. The Morgan fingerprint density at radius 2 is 2.00 bits per heavy atom. The van der Waals surface area contributed by atoms with E-state index in [0.29, 0.717) is 31.0 Å². The van der Waals surface area contributed by atoms with E-state index in [1.807, 2.05) is 26.0 Å². The standard InChI is InChI=1S/C15H24N2O3/c1-11-7-13(9-14(16)8-11)15(18)17(5-6-19-3)12(2)10-20-4/h7-9,12H,5-6,10,16H2,1-4H3. The van der Waals surface area contributed by atoms with Gasteiger partial charge in [-0.05, 0) is 37.6 Å². The third-order valence-corrected chi connectivity index (χ3v) is 3.08. The monoisotopic (exact) mass is 280 g/mol. The number of methoxy groups -OCH3 is 2. The summed E-state index contributed by atoms with van der Waals surface area (Å²) >= 11 is 0. The van der Waals surface area contributed by atoms with E-state index in [9.17, 15) is 4.79 Å². The fourth-order valence-corrected chi connectivity index (χ4v) is 2.14.